The summed E-state index contributed by atoms with van der Waals surface area (Å²) in [5.74, 6) is 0. The standard InChI is InChI=1S/C6H3BrClN3/c7-4-2-9-6-3(5(4)8)1-10-11-6/h1-2H,(H,9,10,11). The van der Waals surface area contributed by atoms with Gasteiger partial charge in [0.2, 0.25) is 0 Å². The number of halogens is 2. The first-order valence-corrected chi connectivity index (χ1v) is 4.09. The normalized spacial score (nSPS) is 10.7. The van der Waals surface area contributed by atoms with Gasteiger partial charge in [-0.1, -0.05) is 11.6 Å². The van der Waals surface area contributed by atoms with E-state index >= 15 is 0 Å². The molecule has 0 aliphatic heterocycles. The van der Waals surface area contributed by atoms with Crippen molar-refractivity contribution in [3.8, 4) is 0 Å². The largest absolute Gasteiger partial charge is 0.261 e. The van der Waals surface area contributed by atoms with E-state index in [1.807, 2.05) is 0 Å². The summed E-state index contributed by atoms with van der Waals surface area (Å²) in [5, 5.41) is 8.01. The summed E-state index contributed by atoms with van der Waals surface area (Å²) in [6, 6.07) is 0. The van der Waals surface area contributed by atoms with Crippen molar-refractivity contribution in [1.82, 2.24) is 15.2 Å². The highest BCUT2D eigenvalue weighted by Gasteiger charge is 2.04. The number of H-pyrrole nitrogens is 1. The minimum atomic E-state index is 0.642. The Morgan fingerprint density at radius 3 is 3.09 bits per heavy atom. The summed E-state index contributed by atoms with van der Waals surface area (Å²) in [4.78, 5) is 4.05. The molecule has 0 saturated carbocycles. The van der Waals surface area contributed by atoms with E-state index in [1.54, 1.807) is 12.4 Å². The predicted molar refractivity (Wildman–Crippen MR) is 46.6 cm³/mol. The molecule has 3 nitrogen and oxygen atoms in total. The molecule has 0 amide bonds. The molecule has 0 unspecified atom stereocenters. The van der Waals surface area contributed by atoms with E-state index in [0.717, 1.165) is 9.86 Å². The second-order valence-electron chi connectivity index (χ2n) is 2.05. The molecule has 2 heterocycles. The van der Waals surface area contributed by atoms with Crippen molar-refractivity contribution in [2.45, 2.75) is 0 Å². The van der Waals surface area contributed by atoms with Crippen LogP contribution in [0, 0.1) is 0 Å². The minimum Gasteiger partial charge on any atom is -0.261 e. The van der Waals surface area contributed by atoms with Gasteiger partial charge in [-0.25, -0.2) is 4.98 Å². The molecular formula is C6H3BrClN3. The van der Waals surface area contributed by atoms with Crippen LogP contribution < -0.4 is 0 Å². The molecule has 2 aromatic heterocycles. The van der Waals surface area contributed by atoms with Gasteiger partial charge in [-0.05, 0) is 15.9 Å². The Morgan fingerprint density at radius 1 is 1.45 bits per heavy atom. The van der Waals surface area contributed by atoms with Gasteiger partial charge >= 0.3 is 0 Å². The predicted octanol–water partition coefficient (Wildman–Crippen LogP) is 2.37. The molecule has 0 fully saturated rings. The molecule has 0 bridgehead atoms. The first-order chi connectivity index (χ1) is 5.29. The number of nitrogens with zero attached hydrogens (tertiary/aromatic N) is 2. The Kier molecular flexibility index (Phi) is 1.58. The Bertz CT molecular complexity index is 398. The lowest BCUT2D eigenvalue weighted by Crippen LogP contribution is -1.77. The number of hydrogen-bond donors (Lipinski definition) is 1. The zero-order valence-corrected chi connectivity index (χ0v) is 7.65. The minimum absolute atomic E-state index is 0.642. The third-order valence-corrected chi connectivity index (χ3v) is 2.61. The summed E-state index contributed by atoms with van der Waals surface area (Å²) >= 11 is 9.19. The van der Waals surface area contributed by atoms with Crippen LogP contribution in [0.5, 0.6) is 0 Å². The third kappa shape index (κ3) is 1.02. The first-order valence-electron chi connectivity index (χ1n) is 2.92. The lowest BCUT2D eigenvalue weighted by molar-refractivity contribution is 1.10. The average Bonchev–Trinajstić information content (AvgIpc) is 2.45. The number of nitrogens with one attached hydrogen (secondary N) is 1. The van der Waals surface area contributed by atoms with Crippen LogP contribution in [0.25, 0.3) is 11.0 Å². The highest BCUT2D eigenvalue weighted by molar-refractivity contribution is 9.10. The molecule has 0 aromatic carbocycles. The quantitative estimate of drug-likeness (QED) is 0.758. The van der Waals surface area contributed by atoms with E-state index in [0.29, 0.717) is 10.7 Å². The fourth-order valence-corrected chi connectivity index (χ4v) is 1.35. The molecule has 0 radical (unpaired) electrons. The SMILES string of the molecule is Clc1c(Br)cnc2[nH]ncc12. The molecule has 0 saturated heterocycles. The second kappa shape index (κ2) is 2.46. The van der Waals surface area contributed by atoms with Gasteiger partial charge in [-0.15, -0.1) is 0 Å². The Labute approximate surface area is 75.9 Å². The smallest absolute Gasteiger partial charge is 0.156 e. The Morgan fingerprint density at radius 2 is 2.27 bits per heavy atom. The van der Waals surface area contributed by atoms with E-state index in [4.69, 9.17) is 11.6 Å². The van der Waals surface area contributed by atoms with E-state index in [9.17, 15) is 0 Å². The Balaban J connectivity index is 2.93. The van der Waals surface area contributed by atoms with Gasteiger partial charge in [-0.2, -0.15) is 5.10 Å². The van der Waals surface area contributed by atoms with Crippen molar-refractivity contribution in [3.63, 3.8) is 0 Å². The Hall–Kier alpha value is -0.610. The average molecular weight is 232 g/mol. The van der Waals surface area contributed by atoms with Gasteiger partial charge in [0, 0.05) is 6.20 Å². The molecule has 11 heavy (non-hydrogen) atoms. The summed E-state index contributed by atoms with van der Waals surface area (Å²) in [5.41, 5.74) is 0.707. The van der Waals surface area contributed by atoms with E-state index < -0.39 is 0 Å². The van der Waals surface area contributed by atoms with Crippen LogP contribution >= 0.6 is 27.5 Å². The van der Waals surface area contributed by atoms with Crippen molar-refractivity contribution in [1.29, 1.82) is 0 Å². The number of aromatic nitrogens is 3. The molecule has 2 aromatic rings. The highest BCUT2D eigenvalue weighted by Crippen LogP contribution is 2.27. The summed E-state index contributed by atoms with van der Waals surface area (Å²) < 4.78 is 0.785. The van der Waals surface area contributed by atoms with Crippen molar-refractivity contribution >= 4 is 38.6 Å². The molecule has 2 rings (SSSR count). The summed E-state index contributed by atoms with van der Waals surface area (Å²) in [6.07, 6.45) is 3.29. The van der Waals surface area contributed by atoms with Gasteiger partial charge in [0.15, 0.2) is 5.65 Å². The molecule has 1 N–H and O–H groups in total. The van der Waals surface area contributed by atoms with Crippen LogP contribution in [-0.4, -0.2) is 15.2 Å². The highest BCUT2D eigenvalue weighted by atomic mass is 79.9. The van der Waals surface area contributed by atoms with E-state index in [-0.39, 0.29) is 0 Å². The molecular weight excluding hydrogens is 229 g/mol. The van der Waals surface area contributed by atoms with Gasteiger partial charge in [0.1, 0.15) is 0 Å². The van der Waals surface area contributed by atoms with Gasteiger partial charge in [0.25, 0.3) is 0 Å². The zero-order valence-electron chi connectivity index (χ0n) is 5.31. The maximum Gasteiger partial charge on any atom is 0.156 e. The summed E-state index contributed by atoms with van der Waals surface area (Å²) in [7, 11) is 0. The van der Waals surface area contributed by atoms with Crippen LogP contribution in [-0.2, 0) is 0 Å². The number of aromatic amines is 1. The lowest BCUT2D eigenvalue weighted by Gasteiger charge is -1.93. The van der Waals surface area contributed by atoms with E-state index in [2.05, 4.69) is 31.1 Å². The van der Waals surface area contributed by atoms with Crippen LogP contribution in [0.15, 0.2) is 16.9 Å². The molecule has 0 aliphatic rings. The molecule has 0 atom stereocenters. The fraction of sp³-hybridized carbons (Fsp3) is 0. The van der Waals surface area contributed by atoms with Crippen LogP contribution in [0.1, 0.15) is 0 Å². The fourth-order valence-electron chi connectivity index (χ4n) is 0.845. The third-order valence-electron chi connectivity index (χ3n) is 1.37. The lowest BCUT2D eigenvalue weighted by atomic mass is 10.4. The topological polar surface area (TPSA) is 41.6 Å². The maximum atomic E-state index is 5.92. The van der Waals surface area contributed by atoms with Crippen molar-refractivity contribution < 1.29 is 0 Å². The van der Waals surface area contributed by atoms with E-state index in [1.165, 1.54) is 0 Å². The van der Waals surface area contributed by atoms with Crippen molar-refractivity contribution in [3.05, 3.63) is 21.9 Å². The van der Waals surface area contributed by atoms with Crippen LogP contribution in [0.3, 0.4) is 0 Å². The number of pyridine rings is 1. The number of rotatable bonds is 0. The number of hydrogen-bond acceptors (Lipinski definition) is 2. The maximum absolute atomic E-state index is 5.92. The van der Waals surface area contributed by atoms with Crippen LogP contribution in [0.2, 0.25) is 5.02 Å². The molecule has 0 aliphatic carbocycles. The molecule has 56 valence electrons. The first kappa shape index (κ1) is 7.06. The monoisotopic (exact) mass is 231 g/mol. The van der Waals surface area contributed by atoms with Crippen molar-refractivity contribution in [2.75, 3.05) is 0 Å². The number of fused-ring (bicyclic) bond motifs is 1. The van der Waals surface area contributed by atoms with Gasteiger partial charge in [-0.3, -0.25) is 5.10 Å². The summed E-state index contributed by atoms with van der Waals surface area (Å²) in [6.45, 7) is 0. The van der Waals surface area contributed by atoms with Gasteiger partial charge < -0.3 is 0 Å². The van der Waals surface area contributed by atoms with Crippen molar-refractivity contribution in [2.24, 2.45) is 0 Å². The second-order valence-corrected chi connectivity index (χ2v) is 3.28. The molecule has 0 spiro atoms. The van der Waals surface area contributed by atoms with Gasteiger partial charge in [0.05, 0.1) is 21.1 Å². The van der Waals surface area contributed by atoms with Crippen LogP contribution in [0.4, 0.5) is 0 Å². The zero-order chi connectivity index (χ0) is 7.84. The molecule has 5 heteroatoms.